The Morgan fingerprint density at radius 1 is 1.17 bits per heavy atom. The highest BCUT2D eigenvalue weighted by Crippen LogP contribution is 2.16. The number of nitrogens with zero attached hydrogens (tertiary/aromatic N) is 3. The molecule has 1 atom stereocenters. The lowest BCUT2D eigenvalue weighted by Gasteiger charge is -2.37. The Morgan fingerprint density at radius 3 is 2.63 bits per heavy atom. The first kappa shape index (κ1) is 22.6. The molecule has 7 heteroatoms. The van der Waals surface area contributed by atoms with E-state index in [0.717, 1.165) is 77.5 Å². The number of hydrogen-bond donors (Lipinski definition) is 1. The highest BCUT2D eigenvalue weighted by molar-refractivity contribution is 5.82. The summed E-state index contributed by atoms with van der Waals surface area (Å²) in [4.78, 5) is 21.5. The monoisotopic (exact) mass is 416 g/mol. The normalized spacial score (nSPS) is 19.9. The smallest absolute Gasteiger partial charge is 0.251 e. The predicted octanol–water partition coefficient (Wildman–Crippen LogP) is 2.27. The minimum absolute atomic E-state index is 0.157. The van der Waals surface area contributed by atoms with Crippen LogP contribution in [0.15, 0.2) is 35.3 Å². The van der Waals surface area contributed by atoms with Gasteiger partial charge in [-0.3, -0.25) is 9.79 Å². The number of rotatable bonds is 9. The molecule has 0 spiro atoms. The van der Waals surface area contributed by atoms with Gasteiger partial charge in [-0.25, -0.2) is 0 Å². The first-order chi connectivity index (χ1) is 14.8. The number of piperazine rings is 1. The Bertz CT molecular complexity index is 654. The van der Waals surface area contributed by atoms with Gasteiger partial charge in [0.25, 0.3) is 5.91 Å². The van der Waals surface area contributed by atoms with E-state index < -0.39 is 0 Å². The number of unbranched alkanes of at least 4 members (excludes halogenated alkanes) is 1. The molecule has 0 radical (unpaired) electrons. The summed E-state index contributed by atoms with van der Waals surface area (Å²) >= 11 is 0. The van der Waals surface area contributed by atoms with E-state index in [2.05, 4.69) is 29.3 Å². The van der Waals surface area contributed by atoms with E-state index in [9.17, 15) is 4.79 Å². The van der Waals surface area contributed by atoms with Crippen molar-refractivity contribution in [3.63, 3.8) is 0 Å². The minimum atomic E-state index is -0.220. The zero-order valence-corrected chi connectivity index (χ0v) is 18.2. The molecular weight excluding hydrogens is 380 g/mol. The summed E-state index contributed by atoms with van der Waals surface area (Å²) in [6.45, 7) is 8.93. The van der Waals surface area contributed by atoms with Gasteiger partial charge in [-0.2, -0.15) is 0 Å². The standard InChI is InChI=1S/C23H36N4O3/c1-2-24-23(25-12-6-7-17-29-19-20-9-4-3-5-10-20)27-15-13-26(14-16-27)22(28)21-11-8-18-30-21/h3-5,9-10,21H,2,6-8,11-19H2,1H3,(H,24,25). The lowest BCUT2D eigenvalue weighted by atomic mass is 10.2. The van der Waals surface area contributed by atoms with E-state index in [1.807, 2.05) is 23.1 Å². The topological polar surface area (TPSA) is 66.4 Å². The number of guanidine groups is 1. The fourth-order valence-electron chi connectivity index (χ4n) is 3.81. The van der Waals surface area contributed by atoms with Gasteiger partial charge in [0.2, 0.25) is 0 Å². The zero-order chi connectivity index (χ0) is 21.0. The summed E-state index contributed by atoms with van der Waals surface area (Å²) in [5, 5.41) is 3.39. The van der Waals surface area contributed by atoms with Crippen molar-refractivity contribution in [1.29, 1.82) is 0 Å². The molecule has 1 aromatic carbocycles. The lowest BCUT2D eigenvalue weighted by Crippen LogP contribution is -2.55. The molecule has 1 amide bonds. The maximum absolute atomic E-state index is 12.5. The van der Waals surface area contributed by atoms with Gasteiger partial charge >= 0.3 is 0 Å². The van der Waals surface area contributed by atoms with Crippen LogP contribution in [0.4, 0.5) is 0 Å². The summed E-state index contributed by atoms with van der Waals surface area (Å²) in [5.74, 6) is 1.11. The molecule has 2 fully saturated rings. The molecule has 7 nitrogen and oxygen atoms in total. The maximum Gasteiger partial charge on any atom is 0.251 e. The third-order valence-corrected chi connectivity index (χ3v) is 5.50. The molecule has 0 aromatic heterocycles. The summed E-state index contributed by atoms with van der Waals surface area (Å²) in [7, 11) is 0. The lowest BCUT2D eigenvalue weighted by molar-refractivity contribution is -0.142. The van der Waals surface area contributed by atoms with Gasteiger partial charge in [-0.05, 0) is 38.2 Å². The molecule has 2 aliphatic heterocycles. The number of carbonyl (C=O) groups excluding carboxylic acids is 1. The van der Waals surface area contributed by atoms with Crippen molar-refractivity contribution in [2.75, 3.05) is 52.5 Å². The van der Waals surface area contributed by atoms with Crippen LogP contribution in [-0.2, 0) is 20.9 Å². The molecule has 2 saturated heterocycles. The summed E-state index contributed by atoms with van der Waals surface area (Å²) < 4.78 is 11.3. The van der Waals surface area contributed by atoms with Crippen LogP contribution in [-0.4, -0.2) is 80.3 Å². The molecule has 2 heterocycles. The second kappa shape index (κ2) is 12.5. The third kappa shape index (κ3) is 6.99. The highest BCUT2D eigenvalue weighted by Gasteiger charge is 2.30. The van der Waals surface area contributed by atoms with E-state index in [1.165, 1.54) is 5.56 Å². The summed E-state index contributed by atoms with van der Waals surface area (Å²) in [6, 6.07) is 10.3. The summed E-state index contributed by atoms with van der Waals surface area (Å²) in [6.07, 6.45) is 3.63. The van der Waals surface area contributed by atoms with Crippen LogP contribution in [0, 0.1) is 0 Å². The first-order valence-corrected chi connectivity index (χ1v) is 11.3. The van der Waals surface area contributed by atoms with Crippen molar-refractivity contribution < 1.29 is 14.3 Å². The Morgan fingerprint density at radius 2 is 1.93 bits per heavy atom. The van der Waals surface area contributed by atoms with Crippen molar-refractivity contribution in [2.24, 2.45) is 4.99 Å². The third-order valence-electron chi connectivity index (χ3n) is 5.50. The van der Waals surface area contributed by atoms with E-state index in [-0.39, 0.29) is 12.0 Å². The zero-order valence-electron chi connectivity index (χ0n) is 18.2. The number of nitrogens with one attached hydrogen (secondary N) is 1. The number of carbonyl (C=O) groups is 1. The molecule has 166 valence electrons. The van der Waals surface area contributed by atoms with Crippen LogP contribution in [0.5, 0.6) is 0 Å². The fourth-order valence-corrected chi connectivity index (χ4v) is 3.81. The number of hydrogen-bond acceptors (Lipinski definition) is 4. The van der Waals surface area contributed by atoms with Gasteiger partial charge in [0.1, 0.15) is 6.10 Å². The predicted molar refractivity (Wildman–Crippen MR) is 118 cm³/mol. The Balaban J connectivity index is 1.34. The van der Waals surface area contributed by atoms with Gasteiger partial charge in [0.05, 0.1) is 6.61 Å². The second-order valence-corrected chi connectivity index (χ2v) is 7.79. The molecule has 0 bridgehead atoms. The quantitative estimate of drug-likeness (QED) is 0.380. The van der Waals surface area contributed by atoms with E-state index in [4.69, 9.17) is 14.5 Å². The van der Waals surface area contributed by atoms with Gasteiger partial charge in [-0.15, -0.1) is 0 Å². The van der Waals surface area contributed by atoms with Crippen molar-refractivity contribution in [3.05, 3.63) is 35.9 Å². The molecule has 1 N–H and O–H groups in total. The Hall–Kier alpha value is -2.12. The van der Waals surface area contributed by atoms with E-state index in [0.29, 0.717) is 13.2 Å². The van der Waals surface area contributed by atoms with Crippen molar-refractivity contribution in [3.8, 4) is 0 Å². The van der Waals surface area contributed by atoms with Crippen LogP contribution >= 0.6 is 0 Å². The number of ether oxygens (including phenoxy) is 2. The van der Waals surface area contributed by atoms with Gasteiger partial charge in [0, 0.05) is 52.5 Å². The van der Waals surface area contributed by atoms with Crippen molar-refractivity contribution in [1.82, 2.24) is 15.1 Å². The van der Waals surface area contributed by atoms with Crippen LogP contribution in [0.25, 0.3) is 0 Å². The van der Waals surface area contributed by atoms with Crippen molar-refractivity contribution in [2.45, 2.75) is 45.3 Å². The molecule has 2 aliphatic rings. The fraction of sp³-hybridized carbons (Fsp3) is 0.652. The minimum Gasteiger partial charge on any atom is -0.377 e. The average molecular weight is 417 g/mol. The van der Waals surface area contributed by atoms with Crippen molar-refractivity contribution >= 4 is 11.9 Å². The molecule has 30 heavy (non-hydrogen) atoms. The van der Waals surface area contributed by atoms with Crippen LogP contribution in [0.2, 0.25) is 0 Å². The largest absolute Gasteiger partial charge is 0.377 e. The average Bonchev–Trinajstić information content (AvgIpc) is 3.33. The SMILES string of the molecule is CCNC(=NCCCCOCc1ccccc1)N1CCN(C(=O)C2CCCO2)CC1. The van der Waals surface area contributed by atoms with E-state index >= 15 is 0 Å². The second-order valence-electron chi connectivity index (χ2n) is 7.79. The van der Waals surface area contributed by atoms with Crippen LogP contribution in [0.3, 0.4) is 0 Å². The molecule has 3 rings (SSSR count). The Kier molecular flexibility index (Phi) is 9.44. The molecular formula is C23H36N4O3. The summed E-state index contributed by atoms with van der Waals surface area (Å²) in [5.41, 5.74) is 1.21. The van der Waals surface area contributed by atoms with E-state index in [1.54, 1.807) is 0 Å². The molecule has 0 saturated carbocycles. The van der Waals surface area contributed by atoms with Crippen LogP contribution < -0.4 is 5.32 Å². The van der Waals surface area contributed by atoms with Gasteiger partial charge < -0.3 is 24.6 Å². The molecule has 0 aliphatic carbocycles. The Labute approximate surface area is 180 Å². The van der Waals surface area contributed by atoms with Gasteiger partial charge in [0.15, 0.2) is 5.96 Å². The highest BCUT2D eigenvalue weighted by atomic mass is 16.5. The number of amides is 1. The molecule has 1 unspecified atom stereocenters. The number of benzene rings is 1. The maximum atomic E-state index is 12.5. The first-order valence-electron chi connectivity index (χ1n) is 11.3. The van der Waals surface area contributed by atoms with Gasteiger partial charge in [-0.1, -0.05) is 30.3 Å². The number of aliphatic imine (C=N–C) groups is 1. The van der Waals surface area contributed by atoms with Crippen LogP contribution in [0.1, 0.15) is 38.2 Å². The molecule has 1 aromatic rings.